The van der Waals surface area contributed by atoms with Gasteiger partial charge in [0, 0.05) is 10.0 Å². The molecule has 1 heterocycles. The first-order chi connectivity index (χ1) is 10.2. The Hall–Kier alpha value is -1.21. The van der Waals surface area contributed by atoms with E-state index < -0.39 is 17.6 Å². The number of halogens is 7. The lowest BCUT2D eigenvalue weighted by molar-refractivity contribution is -0.364. The van der Waals surface area contributed by atoms with Crippen LogP contribution in [0.25, 0.3) is 0 Å². The minimum absolute atomic E-state index is 0. The molecule has 0 aliphatic heterocycles. The molecule has 0 atom stereocenters. The van der Waals surface area contributed by atoms with Crippen LogP contribution in [0.15, 0.2) is 30.5 Å². The third-order valence-electron chi connectivity index (χ3n) is 2.58. The summed E-state index contributed by atoms with van der Waals surface area (Å²) in [5.41, 5.74) is -0.817. The second kappa shape index (κ2) is 7.57. The third kappa shape index (κ3) is 5.14. The van der Waals surface area contributed by atoms with Gasteiger partial charge in [-0.05, 0) is 24.3 Å². The Kier molecular flexibility index (Phi) is 6.53. The normalized spacial score (nSPS) is 10.9. The molecule has 124 valence electrons. The fraction of sp³-hybridized carbons (Fsp3) is 0.0769. The van der Waals surface area contributed by atoms with E-state index in [4.69, 9.17) is 34.8 Å². The summed E-state index contributed by atoms with van der Waals surface area (Å²) < 4.78 is 37.6. The average molecular weight is 406 g/mol. The number of rotatable bonds is 2. The van der Waals surface area contributed by atoms with Crippen LogP contribution in [-0.4, -0.2) is 5.91 Å². The van der Waals surface area contributed by atoms with Crippen LogP contribution in [0.4, 0.5) is 19.0 Å². The van der Waals surface area contributed by atoms with E-state index in [0.717, 1.165) is 0 Å². The van der Waals surface area contributed by atoms with Crippen molar-refractivity contribution in [2.75, 3.05) is 5.32 Å². The predicted octanol–water partition coefficient (Wildman–Crippen LogP) is 1.74. The van der Waals surface area contributed by atoms with Crippen molar-refractivity contribution in [2.45, 2.75) is 6.18 Å². The van der Waals surface area contributed by atoms with Crippen molar-refractivity contribution < 1.29 is 35.4 Å². The molecule has 23 heavy (non-hydrogen) atoms. The maximum atomic E-state index is 12.5. The highest BCUT2D eigenvalue weighted by Gasteiger charge is 2.33. The number of aromatic amines is 1. The topological polar surface area (TPSA) is 43.2 Å². The number of nitrogens with one attached hydrogen (secondary N) is 2. The summed E-state index contributed by atoms with van der Waals surface area (Å²) in [6, 6.07) is 4.87. The molecule has 2 rings (SSSR count). The summed E-state index contributed by atoms with van der Waals surface area (Å²) in [6.07, 6.45) is -3.84. The molecular formula is C13H7Cl4F3N2O. The zero-order valence-corrected chi connectivity index (χ0v) is 14.0. The monoisotopic (exact) mass is 404 g/mol. The molecule has 2 N–H and O–H groups in total. The molecule has 1 aromatic carbocycles. The maximum Gasteiger partial charge on any atom is 0.419 e. The fourth-order valence-electron chi connectivity index (χ4n) is 1.60. The van der Waals surface area contributed by atoms with Gasteiger partial charge in [-0.1, -0.05) is 34.8 Å². The van der Waals surface area contributed by atoms with E-state index in [0.29, 0.717) is 12.3 Å². The molecule has 1 amide bonds. The summed E-state index contributed by atoms with van der Waals surface area (Å²) in [4.78, 5) is 14.3. The molecule has 3 nitrogen and oxygen atoms in total. The molecule has 10 heteroatoms. The van der Waals surface area contributed by atoms with Gasteiger partial charge in [-0.15, -0.1) is 0 Å². The number of alkyl halides is 3. The minimum Gasteiger partial charge on any atom is -1.00 e. The Bertz CT molecular complexity index is 717. The number of hydrogen-bond donors (Lipinski definition) is 1. The first kappa shape index (κ1) is 19.8. The van der Waals surface area contributed by atoms with E-state index in [1.54, 1.807) is 0 Å². The van der Waals surface area contributed by atoms with E-state index in [1.807, 2.05) is 0 Å². The first-order valence-electron chi connectivity index (χ1n) is 5.72. The van der Waals surface area contributed by atoms with Gasteiger partial charge >= 0.3 is 12.1 Å². The Balaban J connectivity index is 0.00000264. The number of aromatic nitrogens is 1. The molecule has 0 aliphatic rings. The number of benzene rings is 1. The molecule has 1 aromatic heterocycles. The molecule has 0 fully saturated rings. The van der Waals surface area contributed by atoms with Gasteiger partial charge in [0.2, 0.25) is 0 Å². The van der Waals surface area contributed by atoms with Gasteiger partial charge in [-0.25, -0.2) is 15.1 Å². The van der Waals surface area contributed by atoms with E-state index in [-0.39, 0.29) is 38.9 Å². The summed E-state index contributed by atoms with van der Waals surface area (Å²) >= 11 is 17.3. The number of anilines is 1. The fourth-order valence-corrected chi connectivity index (χ4v) is 2.34. The Labute approximate surface area is 150 Å². The van der Waals surface area contributed by atoms with Gasteiger partial charge in [-0.2, -0.15) is 13.2 Å². The molecule has 0 radical (unpaired) electrons. The van der Waals surface area contributed by atoms with Crippen LogP contribution in [-0.2, 0) is 6.18 Å². The third-order valence-corrected chi connectivity index (χ3v) is 3.32. The standard InChI is InChI=1S/C13H6Cl3F3N2O.ClH/c14-8-1-6(2-9(15)4-8)12(22)21-11-10(16)3-7(5-20-11)13(17,18)19;/h1-5H,(H,20,21,22);1H. The highest BCUT2D eigenvalue weighted by atomic mass is 35.5. The number of carbonyl (C=O) groups is 1. The van der Waals surface area contributed by atoms with Crippen LogP contribution in [0.2, 0.25) is 15.1 Å². The zero-order chi connectivity index (χ0) is 16.5. The van der Waals surface area contributed by atoms with Crippen molar-refractivity contribution in [2.24, 2.45) is 0 Å². The van der Waals surface area contributed by atoms with E-state index >= 15 is 0 Å². The van der Waals surface area contributed by atoms with E-state index in [9.17, 15) is 18.0 Å². The molecule has 0 bridgehead atoms. The van der Waals surface area contributed by atoms with Crippen molar-refractivity contribution in [3.05, 3.63) is 56.7 Å². The van der Waals surface area contributed by atoms with Crippen molar-refractivity contribution in [1.82, 2.24) is 0 Å². The summed E-state index contributed by atoms with van der Waals surface area (Å²) in [7, 11) is 0. The van der Waals surface area contributed by atoms with Gasteiger partial charge in [0.05, 0.1) is 11.1 Å². The van der Waals surface area contributed by atoms with E-state index in [2.05, 4.69) is 10.3 Å². The smallest absolute Gasteiger partial charge is 0.419 e. The number of pyridine rings is 1. The second-order valence-electron chi connectivity index (χ2n) is 4.22. The number of H-pyrrole nitrogens is 1. The maximum absolute atomic E-state index is 12.5. The lowest BCUT2D eigenvalue weighted by Crippen LogP contribution is -3.00. The lowest BCUT2D eigenvalue weighted by Gasteiger charge is -2.06. The predicted molar refractivity (Wildman–Crippen MR) is 77.4 cm³/mol. The lowest BCUT2D eigenvalue weighted by atomic mass is 10.2. The van der Waals surface area contributed by atoms with Crippen LogP contribution < -0.4 is 22.7 Å². The Morgan fingerprint density at radius 2 is 1.61 bits per heavy atom. The molecule has 0 unspecified atom stereocenters. The molecule has 0 saturated heterocycles. The van der Waals surface area contributed by atoms with Gasteiger partial charge in [-0.3, -0.25) is 0 Å². The van der Waals surface area contributed by atoms with Gasteiger partial charge in [0.25, 0.3) is 5.82 Å². The highest BCUT2D eigenvalue weighted by molar-refractivity contribution is 6.35. The molecular weight excluding hydrogens is 399 g/mol. The largest absolute Gasteiger partial charge is 1.00 e. The van der Waals surface area contributed by atoms with Crippen LogP contribution >= 0.6 is 34.8 Å². The highest BCUT2D eigenvalue weighted by Crippen LogP contribution is 2.31. The van der Waals surface area contributed by atoms with E-state index in [1.165, 1.54) is 18.2 Å². The quantitative estimate of drug-likeness (QED) is 0.812. The van der Waals surface area contributed by atoms with Gasteiger partial charge in [0.1, 0.15) is 11.2 Å². The molecule has 0 saturated carbocycles. The first-order valence-corrected chi connectivity index (χ1v) is 6.86. The van der Waals surface area contributed by atoms with Crippen LogP contribution in [0, 0.1) is 0 Å². The molecule has 0 aliphatic carbocycles. The van der Waals surface area contributed by atoms with Gasteiger partial charge < -0.3 is 12.4 Å². The molecule has 2 aromatic rings. The SMILES string of the molecule is O=C(Nc1[nH+]cc(C(F)(F)F)cc1Cl)c1cc(Cl)cc(Cl)c1.[Cl-]. The summed E-state index contributed by atoms with van der Waals surface area (Å²) in [5, 5.41) is 2.57. The minimum atomic E-state index is -4.54. The van der Waals surface area contributed by atoms with Gasteiger partial charge in [0.15, 0.2) is 0 Å². The summed E-state index contributed by atoms with van der Waals surface area (Å²) in [6.45, 7) is 0. The average Bonchev–Trinajstić information content (AvgIpc) is 2.38. The molecule has 0 spiro atoms. The Morgan fingerprint density at radius 1 is 1.04 bits per heavy atom. The van der Waals surface area contributed by atoms with Crippen LogP contribution in [0.3, 0.4) is 0 Å². The number of amides is 1. The number of hydrogen-bond acceptors (Lipinski definition) is 1. The zero-order valence-electron chi connectivity index (χ0n) is 10.9. The van der Waals surface area contributed by atoms with Crippen LogP contribution in [0.5, 0.6) is 0 Å². The summed E-state index contributed by atoms with van der Waals surface area (Å²) in [5.74, 6) is -0.696. The van der Waals surface area contributed by atoms with Crippen LogP contribution in [0.1, 0.15) is 15.9 Å². The second-order valence-corrected chi connectivity index (χ2v) is 5.50. The number of carbonyl (C=O) groups excluding carboxylic acids is 1. The van der Waals surface area contributed by atoms with Crippen molar-refractivity contribution in [1.29, 1.82) is 0 Å². The van der Waals surface area contributed by atoms with Crippen molar-refractivity contribution in [3.63, 3.8) is 0 Å². The van der Waals surface area contributed by atoms with Crippen molar-refractivity contribution in [3.8, 4) is 0 Å². The van der Waals surface area contributed by atoms with Crippen molar-refractivity contribution >= 4 is 46.5 Å². The Morgan fingerprint density at radius 3 is 2.09 bits per heavy atom.